The van der Waals surface area contributed by atoms with Crippen molar-refractivity contribution in [1.29, 1.82) is 0 Å². The molecule has 126 valence electrons. The maximum atomic E-state index is 10.9. The van der Waals surface area contributed by atoms with Gasteiger partial charge in [-0.05, 0) is 12.5 Å². The quantitative estimate of drug-likeness (QED) is 0.134. The van der Waals surface area contributed by atoms with Crippen LogP contribution in [0.1, 0.15) is 20.3 Å². The molecule has 8 nitrogen and oxygen atoms in total. The van der Waals surface area contributed by atoms with Crippen molar-refractivity contribution in [2.75, 3.05) is 10.8 Å². The van der Waals surface area contributed by atoms with Crippen LogP contribution in [0.25, 0.3) is 0 Å². The van der Waals surface area contributed by atoms with E-state index >= 15 is 0 Å². The van der Waals surface area contributed by atoms with Crippen molar-refractivity contribution in [3.05, 3.63) is 28.3 Å². The van der Waals surface area contributed by atoms with Crippen LogP contribution in [0.3, 0.4) is 0 Å². The van der Waals surface area contributed by atoms with Gasteiger partial charge in [0.25, 0.3) is 5.69 Å². The van der Waals surface area contributed by atoms with E-state index in [1.807, 2.05) is 18.2 Å². The van der Waals surface area contributed by atoms with Crippen LogP contribution >= 0.6 is 30.3 Å². The molecule has 23 heavy (non-hydrogen) atoms. The Morgan fingerprint density at radius 1 is 1.70 bits per heavy atom. The summed E-state index contributed by atoms with van der Waals surface area (Å²) in [5, 5.41) is 22.9. The first kappa shape index (κ1) is 17.9. The van der Waals surface area contributed by atoms with Crippen molar-refractivity contribution in [3.63, 3.8) is 0 Å². The summed E-state index contributed by atoms with van der Waals surface area (Å²) in [4.78, 5) is 10.5. The fourth-order valence-corrected chi connectivity index (χ4v) is 3.95. The summed E-state index contributed by atoms with van der Waals surface area (Å²) >= 11 is 2.13. The third-order valence-corrected chi connectivity index (χ3v) is 5.65. The number of hydrogen-bond donors (Lipinski definition) is 2. The third-order valence-electron chi connectivity index (χ3n) is 3.71. The molecule has 0 saturated carbocycles. The minimum absolute atomic E-state index is 0.0261. The predicted octanol–water partition coefficient (Wildman–Crippen LogP) is 3.32. The maximum Gasteiger partial charge on any atom is 0.271 e. The van der Waals surface area contributed by atoms with E-state index < -0.39 is 10.3 Å². The Morgan fingerprint density at radius 2 is 2.39 bits per heavy atom. The maximum absolute atomic E-state index is 10.9. The van der Waals surface area contributed by atoms with Gasteiger partial charge in [-0.1, -0.05) is 19.0 Å². The lowest BCUT2D eigenvalue weighted by Crippen LogP contribution is -2.42. The van der Waals surface area contributed by atoms with E-state index in [-0.39, 0.29) is 17.6 Å². The molecule has 0 fully saturated rings. The Morgan fingerprint density at radius 3 is 2.96 bits per heavy atom. The van der Waals surface area contributed by atoms with E-state index in [4.69, 9.17) is 15.7 Å². The average molecular weight is 452 g/mol. The summed E-state index contributed by atoms with van der Waals surface area (Å²) in [6.45, 7) is 4.29. The molecule has 0 saturated heterocycles. The normalized spacial score (nSPS) is 18.3. The van der Waals surface area contributed by atoms with Crippen LogP contribution in [0, 0.1) is 15.5 Å². The SMILES string of the molecule is CC(C)(CC1CN(SI)c2cc([N+](=O)[O-])ccc2O1)/C(N)=N/O. The fraction of sp³-hybridized carbons (Fsp3) is 0.462. The molecular formula is C13H17IN4O4S. The molecule has 3 N–H and O–H groups in total. The average Bonchev–Trinajstić information content (AvgIpc) is 2.52. The standard InChI is InChI=1S/C13H17IN4O4S/c1-13(2,12(15)16-19)6-9-7-17(23-14)10-5-8(18(20)21)3-4-11(10)22-9/h3-5,9,19H,6-7H2,1-2H3,(H2,15,16). The highest BCUT2D eigenvalue weighted by Crippen LogP contribution is 2.42. The van der Waals surface area contributed by atoms with Crippen LogP contribution in [-0.4, -0.2) is 28.6 Å². The van der Waals surface area contributed by atoms with E-state index in [1.165, 1.54) is 21.3 Å². The summed E-state index contributed by atoms with van der Waals surface area (Å²) in [5.74, 6) is 0.732. The van der Waals surface area contributed by atoms with E-state index in [0.29, 0.717) is 24.4 Å². The molecule has 0 aromatic heterocycles. The molecular weight excluding hydrogens is 435 g/mol. The number of hydrogen-bond acceptors (Lipinski definition) is 7. The number of nitrogens with two attached hydrogens (primary N) is 1. The molecule has 1 atom stereocenters. The fourth-order valence-electron chi connectivity index (χ4n) is 2.39. The highest BCUT2D eigenvalue weighted by atomic mass is 127. The minimum atomic E-state index is -0.528. The Labute approximate surface area is 149 Å². The van der Waals surface area contributed by atoms with Crippen LogP contribution in [0.2, 0.25) is 0 Å². The monoisotopic (exact) mass is 452 g/mol. The van der Waals surface area contributed by atoms with Gasteiger partial charge in [-0.2, -0.15) is 0 Å². The van der Waals surface area contributed by atoms with E-state index in [1.54, 1.807) is 6.07 Å². The van der Waals surface area contributed by atoms with Crippen LogP contribution in [0.5, 0.6) is 5.75 Å². The number of halogens is 1. The molecule has 1 aliphatic rings. The van der Waals surface area contributed by atoms with Crippen molar-refractivity contribution >= 4 is 47.5 Å². The largest absolute Gasteiger partial charge is 0.486 e. The van der Waals surface area contributed by atoms with Gasteiger partial charge in [0, 0.05) is 47.9 Å². The number of benzene rings is 1. The number of nitro benzene ring substituents is 1. The lowest BCUT2D eigenvalue weighted by atomic mass is 9.85. The summed E-state index contributed by atoms with van der Waals surface area (Å²) in [7, 11) is 1.44. The van der Waals surface area contributed by atoms with Gasteiger partial charge in [-0.3, -0.25) is 10.1 Å². The summed E-state index contributed by atoms with van der Waals surface area (Å²) in [6, 6.07) is 4.54. The number of rotatable bonds is 5. The van der Waals surface area contributed by atoms with Crippen LogP contribution in [0.4, 0.5) is 11.4 Å². The summed E-state index contributed by atoms with van der Waals surface area (Å²) < 4.78 is 7.90. The van der Waals surface area contributed by atoms with Gasteiger partial charge in [0.2, 0.25) is 0 Å². The van der Waals surface area contributed by atoms with E-state index in [9.17, 15) is 10.1 Å². The van der Waals surface area contributed by atoms with E-state index in [2.05, 4.69) is 26.4 Å². The topological polar surface area (TPSA) is 114 Å². The van der Waals surface area contributed by atoms with Gasteiger partial charge in [-0.15, -0.1) is 0 Å². The van der Waals surface area contributed by atoms with Crippen LogP contribution < -0.4 is 14.8 Å². The minimum Gasteiger partial charge on any atom is -0.486 e. The number of anilines is 1. The number of non-ortho nitro benzene ring substituents is 1. The van der Waals surface area contributed by atoms with Gasteiger partial charge in [-0.25, -0.2) is 0 Å². The number of nitrogens with zero attached hydrogens (tertiary/aromatic N) is 3. The van der Waals surface area contributed by atoms with Crippen molar-refractivity contribution in [1.82, 2.24) is 0 Å². The number of amidine groups is 1. The van der Waals surface area contributed by atoms with Crippen molar-refractivity contribution in [2.24, 2.45) is 16.3 Å². The molecule has 0 radical (unpaired) electrons. The van der Waals surface area contributed by atoms with Crippen molar-refractivity contribution in [3.8, 4) is 5.75 Å². The molecule has 0 bridgehead atoms. The summed E-state index contributed by atoms with van der Waals surface area (Å²) in [5.41, 5.74) is 5.91. The number of oxime groups is 1. The molecule has 0 spiro atoms. The van der Waals surface area contributed by atoms with E-state index in [0.717, 1.165) is 0 Å². The number of nitro groups is 1. The zero-order chi connectivity index (χ0) is 17.2. The molecule has 1 aromatic carbocycles. The highest BCUT2D eigenvalue weighted by molar-refractivity contribution is 14.2. The van der Waals surface area contributed by atoms with Crippen molar-refractivity contribution in [2.45, 2.75) is 26.4 Å². The van der Waals surface area contributed by atoms with Gasteiger partial charge in [0.15, 0.2) is 0 Å². The Balaban J connectivity index is 2.26. The molecule has 1 heterocycles. The molecule has 1 aromatic rings. The molecule has 1 aliphatic heterocycles. The van der Waals surface area contributed by atoms with Gasteiger partial charge >= 0.3 is 0 Å². The lowest BCUT2D eigenvalue weighted by Gasteiger charge is -2.37. The number of ether oxygens (including phenoxy) is 1. The molecule has 0 aliphatic carbocycles. The zero-order valence-corrected chi connectivity index (χ0v) is 15.6. The first-order valence-electron chi connectivity index (χ1n) is 6.78. The Hall–Kier alpha value is -1.43. The van der Waals surface area contributed by atoms with Crippen LogP contribution in [0.15, 0.2) is 23.4 Å². The first-order valence-corrected chi connectivity index (χ1v) is 10.1. The van der Waals surface area contributed by atoms with Crippen molar-refractivity contribution < 1.29 is 14.9 Å². The van der Waals surface area contributed by atoms with Gasteiger partial charge in [0.05, 0.1) is 17.2 Å². The van der Waals surface area contributed by atoms with Gasteiger partial charge in [0.1, 0.15) is 17.7 Å². The summed E-state index contributed by atoms with van der Waals surface area (Å²) in [6.07, 6.45) is 0.369. The smallest absolute Gasteiger partial charge is 0.271 e. The zero-order valence-electron chi connectivity index (χ0n) is 12.6. The van der Waals surface area contributed by atoms with Gasteiger partial charge < -0.3 is 20.0 Å². The molecule has 2 rings (SSSR count). The molecule has 10 heteroatoms. The highest BCUT2D eigenvalue weighted by Gasteiger charge is 2.34. The van der Waals surface area contributed by atoms with Crippen LogP contribution in [-0.2, 0) is 0 Å². The predicted molar refractivity (Wildman–Crippen MR) is 98.3 cm³/mol. The second kappa shape index (κ2) is 6.99. The second-order valence-corrected chi connectivity index (χ2v) is 7.61. The third kappa shape index (κ3) is 3.91. The molecule has 1 unspecified atom stereocenters. The Bertz CT molecular complexity index is 640. The Kier molecular flexibility index (Phi) is 5.45. The number of fused-ring (bicyclic) bond motifs is 1. The second-order valence-electron chi connectivity index (χ2n) is 5.85. The lowest BCUT2D eigenvalue weighted by molar-refractivity contribution is -0.384. The molecule has 0 amide bonds. The first-order chi connectivity index (χ1) is 10.8.